The molecule has 1 saturated heterocycles. The molecule has 3 nitrogen and oxygen atoms in total. The summed E-state index contributed by atoms with van der Waals surface area (Å²) in [5.74, 6) is 0.745. The number of rotatable bonds is 2. The van der Waals surface area contributed by atoms with Gasteiger partial charge < -0.3 is 10.0 Å². The number of aromatic nitrogens is 1. The zero-order valence-corrected chi connectivity index (χ0v) is 11.0. The van der Waals surface area contributed by atoms with Crippen molar-refractivity contribution in [3.63, 3.8) is 0 Å². The van der Waals surface area contributed by atoms with Gasteiger partial charge >= 0.3 is 0 Å². The maximum Gasteiger partial charge on any atom is 0.185 e. The molecule has 1 aromatic heterocycles. The lowest BCUT2D eigenvalue weighted by molar-refractivity contribution is 0.203. The molecule has 1 aliphatic rings. The van der Waals surface area contributed by atoms with Crippen LogP contribution in [0.15, 0.2) is 6.20 Å². The normalized spacial score (nSPS) is 28.1. The highest BCUT2D eigenvalue weighted by molar-refractivity contribution is 7.15. The first-order chi connectivity index (χ1) is 7.58. The molecule has 0 spiro atoms. The van der Waals surface area contributed by atoms with E-state index in [1.807, 2.05) is 0 Å². The molecule has 2 rings (SSSR count). The lowest BCUT2D eigenvalue weighted by atomic mass is 9.96. The first kappa shape index (κ1) is 11.9. The first-order valence-corrected chi connectivity index (χ1v) is 6.80. The fourth-order valence-electron chi connectivity index (χ4n) is 2.16. The molecule has 1 N–H and O–H groups in total. The zero-order valence-electron chi connectivity index (χ0n) is 10.2. The van der Waals surface area contributed by atoms with Crippen LogP contribution in [0.5, 0.6) is 0 Å². The molecule has 0 bridgehead atoms. The van der Waals surface area contributed by atoms with E-state index in [2.05, 4.69) is 23.7 Å². The molecule has 3 unspecified atom stereocenters. The first-order valence-electron chi connectivity index (χ1n) is 5.98. The highest BCUT2D eigenvalue weighted by atomic mass is 32.1. The Hall–Kier alpha value is -0.610. The van der Waals surface area contributed by atoms with E-state index in [0.29, 0.717) is 6.04 Å². The van der Waals surface area contributed by atoms with Gasteiger partial charge in [0.15, 0.2) is 5.13 Å². The second-order valence-corrected chi connectivity index (χ2v) is 5.95. The Kier molecular flexibility index (Phi) is 3.50. The maximum atomic E-state index is 9.51. The van der Waals surface area contributed by atoms with E-state index in [1.54, 1.807) is 24.5 Å². The Balaban J connectivity index is 2.15. The van der Waals surface area contributed by atoms with Gasteiger partial charge in [-0.1, -0.05) is 18.3 Å². The minimum atomic E-state index is -0.399. The van der Waals surface area contributed by atoms with Crippen LogP contribution in [0.1, 0.15) is 44.6 Å². The molecular formula is C12H20N2OS. The smallest absolute Gasteiger partial charge is 0.185 e. The Morgan fingerprint density at radius 1 is 1.50 bits per heavy atom. The van der Waals surface area contributed by atoms with Crippen LogP contribution in [-0.2, 0) is 0 Å². The second kappa shape index (κ2) is 4.72. The van der Waals surface area contributed by atoms with E-state index >= 15 is 0 Å². The van der Waals surface area contributed by atoms with Crippen molar-refractivity contribution in [1.82, 2.24) is 4.98 Å². The summed E-state index contributed by atoms with van der Waals surface area (Å²) in [6.45, 7) is 7.44. The van der Waals surface area contributed by atoms with E-state index in [-0.39, 0.29) is 0 Å². The van der Waals surface area contributed by atoms with Crippen molar-refractivity contribution >= 4 is 16.5 Å². The number of thiazole rings is 1. The van der Waals surface area contributed by atoms with Gasteiger partial charge in [0.2, 0.25) is 0 Å². The summed E-state index contributed by atoms with van der Waals surface area (Å²) in [5.41, 5.74) is 0. The molecule has 4 heteroatoms. The average Bonchev–Trinajstić information content (AvgIpc) is 2.70. The highest BCUT2D eigenvalue weighted by Crippen LogP contribution is 2.32. The molecular weight excluding hydrogens is 220 g/mol. The zero-order chi connectivity index (χ0) is 11.7. The van der Waals surface area contributed by atoms with Crippen LogP contribution < -0.4 is 4.90 Å². The molecule has 2 heterocycles. The Morgan fingerprint density at radius 3 is 2.88 bits per heavy atom. The van der Waals surface area contributed by atoms with E-state index in [4.69, 9.17) is 0 Å². The number of piperidine rings is 1. The van der Waals surface area contributed by atoms with E-state index in [9.17, 15) is 5.11 Å². The Bertz CT molecular complexity index is 351. The van der Waals surface area contributed by atoms with Gasteiger partial charge in [0.25, 0.3) is 0 Å². The average molecular weight is 240 g/mol. The molecule has 3 atom stereocenters. The summed E-state index contributed by atoms with van der Waals surface area (Å²) >= 11 is 1.62. The van der Waals surface area contributed by atoms with Gasteiger partial charge in [-0.25, -0.2) is 4.98 Å². The predicted molar refractivity (Wildman–Crippen MR) is 68.0 cm³/mol. The number of hydrogen-bond acceptors (Lipinski definition) is 4. The van der Waals surface area contributed by atoms with Gasteiger partial charge in [0.1, 0.15) is 0 Å². The van der Waals surface area contributed by atoms with Crippen LogP contribution in [0.4, 0.5) is 5.13 Å². The third-order valence-electron chi connectivity index (χ3n) is 3.29. The van der Waals surface area contributed by atoms with Crippen LogP contribution >= 0.6 is 11.3 Å². The van der Waals surface area contributed by atoms with Crippen LogP contribution in [0.3, 0.4) is 0 Å². The van der Waals surface area contributed by atoms with Gasteiger partial charge in [-0.3, -0.25) is 0 Å². The second-order valence-electron chi connectivity index (χ2n) is 4.91. The Labute approximate surface area is 101 Å². The van der Waals surface area contributed by atoms with Gasteiger partial charge in [0.05, 0.1) is 11.0 Å². The molecule has 0 aliphatic carbocycles. The third-order valence-corrected chi connectivity index (χ3v) is 4.49. The SMILES string of the molecule is CC1CCC(C)N(c2ncc(C(C)O)s2)C1. The summed E-state index contributed by atoms with van der Waals surface area (Å²) in [6, 6.07) is 0.573. The van der Waals surface area contributed by atoms with Gasteiger partial charge in [-0.2, -0.15) is 0 Å². The van der Waals surface area contributed by atoms with E-state index in [1.165, 1.54) is 12.8 Å². The summed E-state index contributed by atoms with van der Waals surface area (Å²) < 4.78 is 0. The molecule has 0 radical (unpaired) electrons. The van der Waals surface area contributed by atoms with Crippen molar-refractivity contribution in [3.8, 4) is 0 Å². The fourth-order valence-corrected chi connectivity index (χ4v) is 3.12. The molecule has 0 saturated carbocycles. The number of aliphatic hydroxyl groups is 1. The fraction of sp³-hybridized carbons (Fsp3) is 0.750. The number of anilines is 1. The minimum Gasteiger partial charge on any atom is -0.388 e. The molecule has 90 valence electrons. The lowest BCUT2D eigenvalue weighted by Gasteiger charge is -2.36. The van der Waals surface area contributed by atoms with Crippen molar-refractivity contribution < 1.29 is 5.11 Å². The van der Waals surface area contributed by atoms with Gasteiger partial charge in [-0.05, 0) is 32.6 Å². The molecule has 1 fully saturated rings. The topological polar surface area (TPSA) is 36.4 Å². The van der Waals surface area contributed by atoms with Crippen molar-refractivity contribution in [3.05, 3.63) is 11.1 Å². The largest absolute Gasteiger partial charge is 0.388 e. The summed E-state index contributed by atoms with van der Waals surface area (Å²) in [7, 11) is 0. The van der Waals surface area contributed by atoms with Crippen molar-refractivity contribution in [2.24, 2.45) is 5.92 Å². The quantitative estimate of drug-likeness (QED) is 0.863. The lowest BCUT2D eigenvalue weighted by Crippen LogP contribution is -2.40. The van der Waals surface area contributed by atoms with Crippen molar-refractivity contribution in [2.45, 2.75) is 45.8 Å². The van der Waals surface area contributed by atoms with Crippen LogP contribution in [0, 0.1) is 5.92 Å². The third kappa shape index (κ3) is 2.38. The van der Waals surface area contributed by atoms with Crippen molar-refractivity contribution in [1.29, 1.82) is 0 Å². The highest BCUT2D eigenvalue weighted by Gasteiger charge is 2.25. The molecule has 0 amide bonds. The molecule has 16 heavy (non-hydrogen) atoms. The summed E-state index contributed by atoms with van der Waals surface area (Å²) in [5, 5.41) is 10.6. The summed E-state index contributed by atoms with van der Waals surface area (Å²) in [4.78, 5) is 7.77. The van der Waals surface area contributed by atoms with Crippen LogP contribution in [-0.4, -0.2) is 22.7 Å². The van der Waals surface area contributed by atoms with Crippen molar-refractivity contribution in [2.75, 3.05) is 11.4 Å². The number of aliphatic hydroxyl groups excluding tert-OH is 1. The van der Waals surface area contributed by atoms with Crippen LogP contribution in [0.2, 0.25) is 0 Å². The molecule has 0 aromatic carbocycles. The van der Waals surface area contributed by atoms with E-state index in [0.717, 1.165) is 22.5 Å². The Morgan fingerprint density at radius 2 is 2.25 bits per heavy atom. The molecule has 1 aliphatic heterocycles. The van der Waals surface area contributed by atoms with E-state index < -0.39 is 6.10 Å². The standard InChI is InChI=1S/C12H20N2OS/c1-8-4-5-9(2)14(7-8)12-13-6-11(16-12)10(3)15/h6,8-10,15H,4-5,7H2,1-3H3. The predicted octanol–water partition coefficient (Wildman–Crippen LogP) is 2.82. The minimum absolute atomic E-state index is 0.399. The van der Waals surface area contributed by atoms with Gasteiger partial charge in [0, 0.05) is 18.8 Å². The summed E-state index contributed by atoms with van der Waals surface area (Å²) in [6.07, 6.45) is 3.96. The maximum absolute atomic E-state index is 9.51. The van der Waals surface area contributed by atoms with Crippen LogP contribution in [0.25, 0.3) is 0 Å². The number of nitrogens with zero attached hydrogens (tertiary/aromatic N) is 2. The number of hydrogen-bond donors (Lipinski definition) is 1. The molecule has 1 aromatic rings. The van der Waals surface area contributed by atoms with Gasteiger partial charge in [-0.15, -0.1) is 0 Å². The monoisotopic (exact) mass is 240 g/mol.